The molecule has 162 valence electrons. The van der Waals surface area contributed by atoms with E-state index in [-0.39, 0.29) is 11.4 Å². The van der Waals surface area contributed by atoms with Crippen LogP contribution in [-0.4, -0.2) is 29.3 Å². The number of benzene rings is 2. The predicted octanol–water partition coefficient (Wildman–Crippen LogP) is 5.22. The van der Waals surface area contributed by atoms with Crippen LogP contribution < -0.4 is 10.6 Å². The number of hydrogen-bond donors (Lipinski definition) is 2. The summed E-state index contributed by atoms with van der Waals surface area (Å²) in [6, 6.07) is 16.1. The highest BCUT2D eigenvalue weighted by molar-refractivity contribution is 8.01. The summed E-state index contributed by atoms with van der Waals surface area (Å²) >= 11 is 8.91. The van der Waals surface area contributed by atoms with E-state index < -0.39 is 30.2 Å². The van der Waals surface area contributed by atoms with Crippen LogP contribution in [0.4, 0.5) is 14.9 Å². The molecule has 1 fully saturated rings. The molecule has 0 aliphatic carbocycles. The second-order valence-corrected chi connectivity index (χ2v) is 9.55. The van der Waals surface area contributed by atoms with Crippen LogP contribution in [0.3, 0.4) is 0 Å². The van der Waals surface area contributed by atoms with E-state index in [0.717, 1.165) is 18.9 Å². The fourth-order valence-corrected chi connectivity index (χ4v) is 5.03. The van der Waals surface area contributed by atoms with Gasteiger partial charge in [0.05, 0.1) is 9.90 Å². The molecular formula is C22H15ClFN3O3S2. The molecule has 2 N–H and O–H groups in total. The van der Waals surface area contributed by atoms with Gasteiger partial charge in [-0.2, -0.15) is 0 Å². The Kier molecular flexibility index (Phi) is 6.59. The molecule has 32 heavy (non-hydrogen) atoms. The van der Waals surface area contributed by atoms with Crippen LogP contribution in [0.1, 0.15) is 4.88 Å². The molecule has 1 aliphatic rings. The first-order valence-electron chi connectivity index (χ1n) is 9.31. The van der Waals surface area contributed by atoms with Gasteiger partial charge >= 0.3 is 6.03 Å². The number of hydrogen-bond acceptors (Lipinski definition) is 5. The van der Waals surface area contributed by atoms with Crippen LogP contribution in [0.5, 0.6) is 0 Å². The number of anilines is 1. The number of urea groups is 1. The Morgan fingerprint density at radius 3 is 2.62 bits per heavy atom. The lowest BCUT2D eigenvalue weighted by molar-refractivity contribution is -0.127. The molecule has 0 unspecified atom stereocenters. The molecule has 1 aliphatic heterocycles. The first kappa shape index (κ1) is 22.1. The van der Waals surface area contributed by atoms with E-state index >= 15 is 0 Å². The van der Waals surface area contributed by atoms with Crippen LogP contribution in [0, 0.1) is 5.82 Å². The molecule has 0 saturated carbocycles. The smallest absolute Gasteiger partial charge is 0.322 e. The number of amides is 4. The number of carbonyl (C=O) groups excluding carboxylic acids is 3. The Morgan fingerprint density at radius 2 is 1.88 bits per heavy atom. The van der Waals surface area contributed by atoms with Crippen LogP contribution in [0.25, 0.3) is 6.08 Å². The number of para-hydroxylation sites is 1. The molecule has 2 aromatic carbocycles. The van der Waals surface area contributed by atoms with Crippen molar-refractivity contribution in [2.45, 2.75) is 9.10 Å². The Labute approximate surface area is 196 Å². The van der Waals surface area contributed by atoms with E-state index in [1.165, 1.54) is 29.5 Å². The molecule has 10 heteroatoms. The number of halogens is 2. The van der Waals surface area contributed by atoms with Gasteiger partial charge in [-0.15, -0.1) is 11.3 Å². The number of imide groups is 1. The molecule has 1 saturated heterocycles. The summed E-state index contributed by atoms with van der Waals surface area (Å²) in [5, 5.41) is 5.49. The maximum atomic E-state index is 13.7. The minimum atomic E-state index is -0.711. The lowest BCUT2D eigenvalue weighted by Gasteiger charge is -2.12. The molecule has 2 heterocycles. The average Bonchev–Trinajstić information content (AvgIpc) is 3.31. The second kappa shape index (κ2) is 9.56. The quantitative estimate of drug-likeness (QED) is 0.369. The van der Waals surface area contributed by atoms with Gasteiger partial charge in [-0.25, -0.2) is 14.1 Å². The number of nitrogens with one attached hydrogen (secondary N) is 2. The first-order valence-corrected chi connectivity index (χ1v) is 11.3. The normalized spacial score (nSPS) is 14.7. The van der Waals surface area contributed by atoms with E-state index in [9.17, 15) is 18.8 Å². The van der Waals surface area contributed by atoms with Gasteiger partial charge in [0.25, 0.3) is 5.91 Å². The third-order valence-electron chi connectivity index (χ3n) is 4.33. The van der Waals surface area contributed by atoms with Crippen molar-refractivity contribution >= 4 is 64.3 Å². The maximum absolute atomic E-state index is 13.7. The molecule has 0 atom stereocenters. The highest BCUT2D eigenvalue weighted by Gasteiger charge is 2.35. The first-order chi connectivity index (χ1) is 15.4. The summed E-state index contributed by atoms with van der Waals surface area (Å²) in [4.78, 5) is 39.6. The fourth-order valence-electron chi connectivity index (χ4n) is 2.84. The summed E-state index contributed by atoms with van der Waals surface area (Å²) in [6.45, 7) is -0.529. The molecular weight excluding hydrogens is 473 g/mol. The van der Waals surface area contributed by atoms with Gasteiger partial charge in [-0.1, -0.05) is 35.5 Å². The summed E-state index contributed by atoms with van der Waals surface area (Å²) in [5.74, 6) is -1.92. The Hall–Kier alpha value is -3.14. The average molecular weight is 488 g/mol. The van der Waals surface area contributed by atoms with Gasteiger partial charge in [0, 0.05) is 14.8 Å². The molecule has 4 rings (SSSR count). The lowest BCUT2D eigenvalue weighted by Crippen LogP contribution is -2.38. The molecule has 0 radical (unpaired) electrons. The number of rotatable bonds is 6. The maximum Gasteiger partial charge on any atom is 0.329 e. The molecule has 3 aromatic rings. The number of thiophene rings is 1. The minimum absolute atomic E-state index is 0.0235. The third-order valence-corrected chi connectivity index (χ3v) is 6.76. The van der Waals surface area contributed by atoms with Crippen LogP contribution in [0.15, 0.2) is 75.5 Å². The summed E-state index contributed by atoms with van der Waals surface area (Å²) < 4.78 is 14.7. The summed E-state index contributed by atoms with van der Waals surface area (Å²) in [6.07, 6.45) is 1.56. The minimum Gasteiger partial charge on any atom is -0.322 e. The largest absolute Gasteiger partial charge is 0.329 e. The van der Waals surface area contributed by atoms with Crippen molar-refractivity contribution in [3.05, 3.63) is 82.1 Å². The topological polar surface area (TPSA) is 78.5 Å². The summed E-state index contributed by atoms with van der Waals surface area (Å²) in [5.41, 5.74) is 0.0446. The van der Waals surface area contributed by atoms with Gasteiger partial charge in [0.2, 0.25) is 5.91 Å². The van der Waals surface area contributed by atoms with Crippen LogP contribution in [-0.2, 0) is 9.59 Å². The Bertz CT molecular complexity index is 1230. The Morgan fingerprint density at radius 1 is 1.12 bits per heavy atom. The van der Waals surface area contributed by atoms with E-state index in [0.29, 0.717) is 5.02 Å². The Balaban J connectivity index is 1.41. The molecule has 0 bridgehead atoms. The number of carbonyl (C=O) groups is 3. The van der Waals surface area contributed by atoms with E-state index in [2.05, 4.69) is 10.6 Å². The second-order valence-electron chi connectivity index (χ2n) is 6.62. The van der Waals surface area contributed by atoms with Crippen molar-refractivity contribution in [2.24, 2.45) is 0 Å². The zero-order chi connectivity index (χ0) is 22.7. The van der Waals surface area contributed by atoms with E-state index in [1.807, 2.05) is 36.4 Å². The van der Waals surface area contributed by atoms with Gasteiger partial charge in [-0.05, 0) is 54.6 Å². The van der Waals surface area contributed by atoms with Crippen LogP contribution in [0.2, 0.25) is 5.02 Å². The van der Waals surface area contributed by atoms with E-state index in [1.54, 1.807) is 23.9 Å². The van der Waals surface area contributed by atoms with Gasteiger partial charge in [0.1, 0.15) is 18.1 Å². The lowest BCUT2D eigenvalue weighted by atomic mass is 10.3. The molecule has 6 nitrogen and oxygen atoms in total. The van der Waals surface area contributed by atoms with Crippen molar-refractivity contribution < 1.29 is 18.8 Å². The van der Waals surface area contributed by atoms with Gasteiger partial charge in [-0.3, -0.25) is 9.59 Å². The standard InChI is InChI=1S/C22H15ClFN3O3S2/c23-13-5-7-14(8-6-13)31-20-10-9-15(32-20)11-18-21(29)27(22(30)26-18)12-19(28)25-17-4-2-1-3-16(17)24/h1-11H,12H2,(H,25,28)(H,26,30)/b18-11-. The van der Waals surface area contributed by atoms with Crippen LogP contribution >= 0.6 is 34.7 Å². The van der Waals surface area contributed by atoms with Gasteiger partial charge < -0.3 is 10.6 Å². The molecule has 4 amide bonds. The third kappa shape index (κ3) is 5.18. The van der Waals surface area contributed by atoms with Crippen molar-refractivity contribution in [1.82, 2.24) is 10.2 Å². The van der Waals surface area contributed by atoms with Crippen molar-refractivity contribution in [3.8, 4) is 0 Å². The van der Waals surface area contributed by atoms with Gasteiger partial charge in [0.15, 0.2) is 0 Å². The molecule has 1 aromatic heterocycles. The highest BCUT2D eigenvalue weighted by atomic mass is 35.5. The van der Waals surface area contributed by atoms with Crippen molar-refractivity contribution in [3.63, 3.8) is 0 Å². The highest BCUT2D eigenvalue weighted by Crippen LogP contribution is 2.34. The van der Waals surface area contributed by atoms with Crippen molar-refractivity contribution in [1.29, 1.82) is 0 Å². The SMILES string of the molecule is O=C(CN1C(=O)N/C(=C\c2ccc(Sc3ccc(Cl)cc3)s2)C1=O)Nc1ccccc1F. The van der Waals surface area contributed by atoms with Crippen molar-refractivity contribution in [2.75, 3.05) is 11.9 Å². The monoisotopic (exact) mass is 487 g/mol. The molecule has 0 spiro atoms. The summed E-state index contributed by atoms with van der Waals surface area (Å²) in [7, 11) is 0. The zero-order valence-electron chi connectivity index (χ0n) is 16.3. The zero-order valence-corrected chi connectivity index (χ0v) is 18.7. The fraction of sp³-hybridized carbons (Fsp3) is 0.0455. The van der Waals surface area contributed by atoms with E-state index in [4.69, 9.17) is 11.6 Å². The number of nitrogens with zero attached hydrogens (tertiary/aromatic N) is 1. The predicted molar refractivity (Wildman–Crippen MR) is 123 cm³/mol.